The topological polar surface area (TPSA) is 44.8 Å². The first-order valence-electron chi connectivity index (χ1n) is 2.80. The molecule has 0 radical (unpaired) electrons. The summed E-state index contributed by atoms with van der Waals surface area (Å²) < 4.78 is 14.7. The van der Waals surface area contributed by atoms with Crippen LogP contribution in [-0.4, -0.2) is 31.6 Å². The lowest BCUT2D eigenvalue weighted by molar-refractivity contribution is -0.184. The molecular weight excluding hydrogens is 124 g/mol. The Morgan fingerprint density at radius 2 is 2.33 bits per heavy atom. The van der Waals surface area contributed by atoms with Crippen molar-refractivity contribution >= 4 is 5.97 Å². The summed E-state index contributed by atoms with van der Waals surface area (Å²) in [6.07, 6.45) is -0.753. The van der Waals surface area contributed by atoms with E-state index in [4.69, 9.17) is 9.47 Å². The van der Waals surface area contributed by atoms with E-state index >= 15 is 0 Å². The number of carbonyl (C=O) groups excluding carboxylic acids is 1. The van der Waals surface area contributed by atoms with Crippen LogP contribution in [0.1, 0.15) is 0 Å². The zero-order valence-electron chi connectivity index (χ0n) is 4.70. The van der Waals surface area contributed by atoms with Crippen molar-refractivity contribution in [3.8, 4) is 0 Å². The van der Waals surface area contributed by atoms with E-state index < -0.39 is 6.10 Å². The van der Waals surface area contributed by atoms with Gasteiger partial charge in [0.05, 0.1) is 6.61 Å². The summed E-state index contributed by atoms with van der Waals surface area (Å²) in [6.45, 7) is 0.596. The van der Waals surface area contributed by atoms with Crippen molar-refractivity contribution in [2.24, 2.45) is 0 Å². The van der Waals surface area contributed by atoms with Gasteiger partial charge in [0.2, 0.25) is 0 Å². The fraction of sp³-hybridized carbons (Fsp3) is 0.800. The SMILES string of the molecule is O=C1OCC2OCC1O2. The van der Waals surface area contributed by atoms with Gasteiger partial charge in [-0.05, 0) is 0 Å². The summed E-state index contributed by atoms with van der Waals surface area (Å²) >= 11 is 0. The minimum absolute atomic E-state index is 0.245. The normalized spacial score (nSPS) is 40.7. The van der Waals surface area contributed by atoms with Crippen molar-refractivity contribution in [1.29, 1.82) is 0 Å². The molecule has 4 nitrogen and oxygen atoms in total. The third-order valence-corrected chi connectivity index (χ3v) is 1.37. The quantitative estimate of drug-likeness (QED) is 0.406. The Bertz CT molecular complexity index is 144. The van der Waals surface area contributed by atoms with Gasteiger partial charge in [0, 0.05) is 0 Å². The van der Waals surface area contributed by atoms with E-state index in [0.717, 1.165) is 0 Å². The number of carbonyl (C=O) groups is 1. The molecule has 0 aromatic rings. The highest BCUT2D eigenvalue weighted by Crippen LogP contribution is 2.17. The van der Waals surface area contributed by atoms with Crippen LogP contribution in [0.15, 0.2) is 0 Å². The van der Waals surface area contributed by atoms with Crippen LogP contribution >= 0.6 is 0 Å². The van der Waals surface area contributed by atoms with Crippen LogP contribution in [0.5, 0.6) is 0 Å². The highest BCUT2D eigenvalue weighted by atomic mass is 16.8. The Kier molecular flexibility index (Phi) is 0.972. The molecule has 2 heterocycles. The predicted molar refractivity (Wildman–Crippen MR) is 25.6 cm³/mol. The van der Waals surface area contributed by atoms with Gasteiger partial charge in [-0.3, -0.25) is 0 Å². The van der Waals surface area contributed by atoms with Gasteiger partial charge in [-0.15, -0.1) is 0 Å². The molecule has 2 fully saturated rings. The Morgan fingerprint density at radius 3 is 3.11 bits per heavy atom. The van der Waals surface area contributed by atoms with Crippen LogP contribution in [0.3, 0.4) is 0 Å². The molecule has 0 saturated carbocycles. The summed E-state index contributed by atoms with van der Waals surface area (Å²) in [7, 11) is 0. The summed E-state index contributed by atoms with van der Waals surface area (Å²) in [5.41, 5.74) is 0. The van der Waals surface area contributed by atoms with E-state index in [1.165, 1.54) is 0 Å². The molecule has 2 saturated heterocycles. The zero-order valence-corrected chi connectivity index (χ0v) is 4.70. The van der Waals surface area contributed by atoms with Gasteiger partial charge in [-0.1, -0.05) is 0 Å². The molecule has 0 aromatic carbocycles. The molecule has 2 unspecified atom stereocenters. The molecule has 2 bridgehead atoms. The van der Waals surface area contributed by atoms with Gasteiger partial charge in [-0.2, -0.15) is 0 Å². The third-order valence-electron chi connectivity index (χ3n) is 1.37. The number of rotatable bonds is 0. The van der Waals surface area contributed by atoms with E-state index in [1.54, 1.807) is 0 Å². The Balaban J connectivity index is 2.14. The van der Waals surface area contributed by atoms with E-state index in [2.05, 4.69) is 4.74 Å². The maximum Gasteiger partial charge on any atom is 0.338 e. The number of ether oxygens (including phenoxy) is 3. The fourth-order valence-electron chi connectivity index (χ4n) is 0.911. The molecule has 0 spiro atoms. The molecule has 0 aliphatic carbocycles. The number of esters is 1. The van der Waals surface area contributed by atoms with Gasteiger partial charge in [0.1, 0.15) is 6.61 Å². The lowest BCUT2D eigenvalue weighted by atomic mass is 10.4. The van der Waals surface area contributed by atoms with Gasteiger partial charge >= 0.3 is 5.97 Å². The van der Waals surface area contributed by atoms with Crippen LogP contribution in [0.2, 0.25) is 0 Å². The Labute approximate surface area is 51.7 Å². The maximum absolute atomic E-state index is 10.6. The van der Waals surface area contributed by atoms with E-state index in [-0.39, 0.29) is 18.9 Å². The maximum atomic E-state index is 10.6. The third kappa shape index (κ3) is 0.710. The van der Waals surface area contributed by atoms with Gasteiger partial charge in [0.25, 0.3) is 0 Å². The van der Waals surface area contributed by atoms with Crippen molar-refractivity contribution in [2.75, 3.05) is 13.2 Å². The highest BCUT2D eigenvalue weighted by Gasteiger charge is 2.38. The summed E-state index contributed by atoms with van der Waals surface area (Å²) in [6, 6.07) is 0. The summed E-state index contributed by atoms with van der Waals surface area (Å²) in [5, 5.41) is 0. The molecule has 2 atom stereocenters. The van der Waals surface area contributed by atoms with Crippen molar-refractivity contribution < 1.29 is 19.0 Å². The molecule has 0 amide bonds. The first-order chi connectivity index (χ1) is 4.36. The average Bonchev–Trinajstić information content (AvgIpc) is 2.25. The molecule has 2 aliphatic rings. The molecule has 0 N–H and O–H groups in total. The monoisotopic (exact) mass is 130 g/mol. The second-order valence-electron chi connectivity index (χ2n) is 2.02. The summed E-state index contributed by atoms with van der Waals surface area (Å²) in [5.74, 6) is -0.302. The van der Waals surface area contributed by atoms with Crippen molar-refractivity contribution in [3.63, 3.8) is 0 Å². The second-order valence-corrected chi connectivity index (χ2v) is 2.02. The van der Waals surface area contributed by atoms with Crippen molar-refractivity contribution in [1.82, 2.24) is 0 Å². The minimum atomic E-state index is -0.455. The van der Waals surface area contributed by atoms with Crippen LogP contribution in [0.4, 0.5) is 0 Å². The van der Waals surface area contributed by atoms with E-state index in [0.29, 0.717) is 6.61 Å². The number of hydrogen-bond acceptors (Lipinski definition) is 4. The molecule has 2 rings (SSSR count). The number of fused-ring (bicyclic) bond motifs is 2. The molecule has 2 aliphatic heterocycles. The first kappa shape index (κ1) is 5.20. The molecule has 4 heteroatoms. The lowest BCUT2D eigenvalue weighted by Crippen LogP contribution is -2.33. The smallest absolute Gasteiger partial charge is 0.338 e. The van der Waals surface area contributed by atoms with Crippen LogP contribution in [-0.2, 0) is 19.0 Å². The van der Waals surface area contributed by atoms with Crippen molar-refractivity contribution in [3.05, 3.63) is 0 Å². The summed E-state index contributed by atoms with van der Waals surface area (Å²) in [4.78, 5) is 10.6. The molecule has 9 heavy (non-hydrogen) atoms. The molecule has 50 valence electrons. The minimum Gasteiger partial charge on any atom is -0.458 e. The van der Waals surface area contributed by atoms with Gasteiger partial charge in [-0.25, -0.2) is 4.79 Å². The Morgan fingerprint density at radius 1 is 1.44 bits per heavy atom. The zero-order chi connectivity index (χ0) is 6.27. The Hall–Kier alpha value is -0.610. The predicted octanol–water partition coefficient (Wildman–Crippen LogP) is -0.715. The van der Waals surface area contributed by atoms with Crippen LogP contribution in [0.25, 0.3) is 0 Å². The van der Waals surface area contributed by atoms with Crippen molar-refractivity contribution in [2.45, 2.75) is 12.4 Å². The largest absolute Gasteiger partial charge is 0.458 e. The first-order valence-corrected chi connectivity index (χ1v) is 2.80. The highest BCUT2D eigenvalue weighted by molar-refractivity contribution is 5.75. The van der Waals surface area contributed by atoms with Crippen LogP contribution < -0.4 is 0 Å². The van der Waals surface area contributed by atoms with Gasteiger partial charge < -0.3 is 14.2 Å². The number of cyclic esters (lactones) is 1. The lowest BCUT2D eigenvalue weighted by Gasteiger charge is -2.16. The van der Waals surface area contributed by atoms with Crippen LogP contribution in [0, 0.1) is 0 Å². The average molecular weight is 130 g/mol. The van der Waals surface area contributed by atoms with Gasteiger partial charge in [0.15, 0.2) is 12.4 Å². The number of hydrogen-bond donors (Lipinski definition) is 0. The second kappa shape index (κ2) is 1.68. The van der Waals surface area contributed by atoms with E-state index in [9.17, 15) is 4.79 Å². The van der Waals surface area contributed by atoms with E-state index in [1.807, 2.05) is 0 Å². The fourth-order valence-corrected chi connectivity index (χ4v) is 0.911. The standard InChI is InChI=1S/C5H6O4/c6-5-3-1-7-4(9-3)2-8-5/h3-4H,1-2H2. The molecular formula is C5H6O4. The molecule has 0 aromatic heterocycles.